The van der Waals surface area contributed by atoms with Crippen LogP contribution < -0.4 is 10.6 Å². The van der Waals surface area contributed by atoms with Crippen molar-refractivity contribution in [2.24, 2.45) is 0 Å². The fourth-order valence-electron chi connectivity index (χ4n) is 2.87. The van der Waals surface area contributed by atoms with E-state index in [0.717, 1.165) is 22.4 Å². The number of anilines is 3. The lowest BCUT2D eigenvalue weighted by Crippen LogP contribution is -2.05. The second-order valence-corrected chi connectivity index (χ2v) is 6.43. The normalized spacial score (nSPS) is 10.7. The van der Waals surface area contributed by atoms with Crippen LogP contribution in [0, 0.1) is 6.92 Å². The summed E-state index contributed by atoms with van der Waals surface area (Å²) < 4.78 is 0. The first-order chi connectivity index (χ1) is 13.2. The molecule has 3 aromatic carbocycles. The molecule has 0 radical (unpaired) electrons. The Hall–Kier alpha value is -3.60. The molecule has 1 aromatic heterocycles. The monoisotopic (exact) mass is 356 g/mol. The second kappa shape index (κ2) is 7.33. The van der Waals surface area contributed by atoms with Crippen molar-refractivity contribution in [3.8, 4) is 5.75 Å². The summed E-state index contributed by atoms with van der Waals surface area (Å²) in [4.78, 5) is 9.23. The lowest BCUT2D eigenvalue weighted by Gasteiger charge is -2.12. The van der Waals surface area contributed by atoms with Crippen LogP contribution in [0.15, 0.2) is 72.8 Å². The molecule has 4 aromatic rings. The third-order valence-electron chi connectivity index (χ3n) is 4.29. The maximum Gasteiger partial charge on any atom is 0.229 e. The van der Waals surface area contributed by atoms with E-state index in [1.165, 1.54) is 11.1 Å². The van der Waals surface area contributed by atoms with Gasteiger partial charge in [-0.3, -0.25) is 0 Å². The maximum absolute atomic E-state index is 9.65. The van der Waals surface area contributed by atoms with Gasteiger partial charge in [-0.15, -0.1) is 0 Å². The molecule has 0 atom stereocenters. The molecule has 0 saturated carbocycles. The third kappa shape index (κ3) is 3.98. The van der Waals surface area contributed by atoms with Gasteiger partial charge >= 0.3 is 0 Å². The van der Waals surface area contributed by atoms with Crippen LogP contribution in [0.2, 0.25) is 0 Å². The molecule has 4 rings (SSSR count). The number of phenolic OH excluding ortho intramolecular Hbond substituents is 1. The number of rotatable bonds is 5. The van der Waals surface area contributed by atoms with E-state index in [0.29, 0.717) is 12.5 Å². The van der Waals surface area contributed by atoms with Crippen molar-refractivity contribution in [3.05, 3.63) is 83.9 Å². The fraction of sp³-hybridized carbons (Fsp3) is 0.0909. The Labute approximate surface area is 157 Å². The smallest absolute Gasteiger partial charge is 0.229 e. The molecule has 0 bridgehead atoms. The number of aromatic nitrogens is 2. The highest BCUT2D eigenvalue weighted by atomic mass is 16.3. The van der Waals surface area contributed by atoms with Crippen molar-refractivity contribution in [1.29, 1.82) is 0 Å². The average Bonchev–Trinajstić information content (AvgIpc) is 2.67. The van der Waals surface area contributed by atoms with E-state index < -0.39 is 0 Å². The highest BCUT2D eigenvalue weighted by Crippen LogP contribution is 2.25. The molecule has 5 nitrogen and oxygen atoms in total. The van der Waals surface area contributed by atoms with Gasteiger partial charge in [-0.05, 0) is 36.8 Å². The third-order valence-corrected chi connectivity index (χ3v) is 4.29. The van der Waals surface area contributed by atoms with E-state index in [2.05, 4.69) is 51.8 Å². The molecular weight excluding hydrogens is 336 g/mol. The summed E-state index contributed by atoms with van der Waals surface area (Å²) in [7, 11) is 0. The van der Waals surface area contributed by atoms with Gasteiger partial charge in [0.05, 0.1) is 5.52 Å². The maximum atomic E-state index is 9.65. The van der Waals surface area contributed by atoms with Gasteiger partial charge in [-0.2, -0.15) is 4.98 Å². The zero-order valence-corrected chi connectivity index (χ0v) is 15.0. The molecule has 0 spiro atoms. The Morgan fingerprint density at radius 3 is 2.52 bits per heavy atom. The largest absolute Gasteiger partial charge is 0.508 e. The first-order valence-corrected chi connectivity index (χ1v) is 8.80. The van der Waals surface area contributed by atoms with Crippen molar-refractivity contribution in [2.75, 3.05) is 10.6 Å². The van der Waals surface area contributed by atoms with Gasteiger partial charge in [0.25, 0.3) is 0 Å². The lowest BCUT2D eigenvalue weighted by atomic mass is 10.1. The molecule has 0 fully saturated rings. The summed E-state index contributed by atoms with van der Waals surface area (Å²) in [6, 6.07) is 23.2. The van der Waals surface area contributed by atoms with Crippen LogP contribution in [-0.2, 0) is 6.54 Å². The average molecular weight is 356 g/mol. The van der Waals surface area contributed by atoms with Crippen LogP contribution in [0.5, 0.6) is 5.75 Å². The van der Waals surface area contributed by atoms with Gasteiger partial charge in [0.2, 0.25) is 5.95 Å². The summed E-state index contributed by atoms with van der Waals surface area (Å²) in [6.07, 6.45) is 0. The molecule has 134 valence electrons. The molecule has 0 aliphatic heterocycles. The molecule has 0 unspecified atom stereocenters. The molecule has 1 heterocycles. The summed E-state index contributed by atoms with van der Waals surface area (Å²) >= 11 is 0. The number of nitrogens with zero attached hydrogens (tertiary/aromatic N) is 2. The number of benzene rings is 3. The van der Waals surface area contributed by atoms with E-state index in [4.69, 9.17) is 0 Å². The standard InChI is InChI=1S/C22H20N4O/c1-15-9-11-16(12-10-15)14-23-21-19-7-2-3-8-20(19)25-22(26-21)24-17-5-4-6-18(27)13-17/h2-13,27H,14H2,1H3,(H2,23,24,25,26). The van der Waals surface area contributed by atoms with Crippen LogP contribution in [0.1, 0.15) is 11.1 Å². The van der Waals surface area contributed by atoms with Gasteiger partial charge in [0, 0.05) is 23.7 Å². The van der Waals surface area contributed by atoms with E-state index in [1.807, 2.05) is 30.3 Å². The van der Waals surface area contributed by atoms with Crippen molar-refractivity contribution in [1.82, 2.24) is 9.97 Å². The van der Waals surface area contributed by atoms with Gasteiger partial charge in [-0.1, -0.05) is 48.0 Å². The van der Waals surface area contributed by atoms with Crippen LogP contribution in [0.4, 0.5) is 17.5 Å². The minimum absolute atomic E-state index is 0.193. The predicted octanol–water partition coefficient (Wildman–Crippen LogP) is 5.00. The Morgan fingerprint density at radius 1 is 0.889 bits per heavy atom. The van der Waals surface area contributed by atoms with E-state index in [1.54, 1.807) is 18.2 Å². The molecule has 0 amide bonds. The van der Waals surface area contributed by atoms with Gasteiger partial charge in [0.15, 0.2) is 0 Å². The Balaban J connectivity index is 1.64. The quantitative estimate of drug-likeness (QED) is 0.469. The van der Waals surface area contributed by atoms with Crippen LogP contribution >= 0.6 is 0 Å². The number of fused-ring (bicyclic) bond motifs is 1. The highest BCUT2D eigenvalue weighted by molar-refractivity contribution is 5.90. The zero-order valence-electron chi connectivity index (χ0n) is 15.0. The number of nitrogens with one attached hydrogen (secondary N) is 2. The number of hydrogen-bond acceptors (Lipinski definition) is 5. The first kappa shape index (κ1) is 16.8. The van der Waals surface area contributed by atoms with Crippen molar-refractivity contribution in [3.63, 3.8) is 0 Å². The van der Waals surface area contributed by atoms with Crippen LogP contribution in [0.3, 0.4) is 0 Å². The minimum atomic E-state index is 0.193. The van der Waals surface area contributed by atoms with Crippen molar-refractivity contribution < 1.29 is 5.11 Å². The van der Waals surface area contributed by atoms with E-state index in [-0.39, 0.29) is 5.75 Å². The number of phenols is 1. The topological polar surface area (TPSA) is 70.1 Å². The number of aromatic hydroxyl groups is 1. The zero-order chi connectivity index (χ0) is 18.6. The van der Waals surface area contributed by atoms with E-state index >= 15 is 0 Å². The first-order valence-electron chi connectivity index (χ1n) is 8.80. The molecule has 5 heteroatoms. The van der Waals surface area contributed by atoms with Gasteiger partial charge in [-0.25, -0.2) is 4.98 Å². The van der Waals surface area contributed by atoms with Crippen molar-refractivity contribution in [2.45, 2.75) is 13.5 Å². The summed E-state index contributed by atoms with van der Waals surface area (Å²) in [6.45, 7) is 2.75. The second-order valence-electron chi connectivity index (χ2n) is 6.43. The summed E-state index contributed by atoms with van der Waals surface area (Å²) in [5.41, 5.74) is 4.01. The molecule has 0 aliphatic carbocycles. The van der Waals surface area contributed by atoms with E-state index in [9.17, 15) is 5.11 Å². The Kier molecular flexibility index (Phi) is 4.58. The Morgan fingerprint density at radius 2 is 1.70 bits per heavy atom. The highest BCUT2D eigenvalue weighted by Gasteiger charge is 2.08. The fourth-order valence-corrected chi connectivity index (χ4v) is 2.87. The number of para-hydroxylation sites is 1. The molecular formula is C22H20N4O. The molecule has 3 N–H and O–H groups in total. The van der Waals surface area contributed by atoms with Gasteiger partial charge < -0.3 is 15.7 Å². The Bertz CT molecular complexity index is 1080. The van der Waals surface area contributed by atoms with Crippen LogP contribution in [-0.4, -0.2) is 15.1 Å². The molecule has 0 saturated heterocycles. The summed E-state index contributed by atoms with van der Waals surface area (Å²) in [5.74, 6) is 1.44. The molecule has 0 aliphatic rings. The molecule has 27 heavy (non-hydrogen) atoms. The minimum Gasteiger partial charge on any atom is -0.508 e. The number of hydrogen-bond donors (Lipinski definition) is 3. The SMILES string of the molecule is Cc1ccc(CNc2nc(Nc3cccc(O)c3)nc3ccccc23)cc1. The number of aryl methyl sites for hydroxylation is 1. The van der Waals surface area contributed by atoms with Gasteiger partial charge in [0.1, 0.15) is 11.6 Å². The van der Waals surface area contributed by atoms with Crippen LogP contribution in [0.25, 0.3) is 10.9 Å². The predicted molar refractivity (Wildman–Crippen MR) is 109 cm³/mol. The van der Waals surface area contributed by atoms with Crippen molar-refractivity contribution >= 4 is 28.4 Å². The summed E-state index contributed by atoms with van der Waals surface area (Å²) in [5, 5.41) is 17.2. The lowest BCUT2D eigenvalue weighted by molar-refractivity contribution is 0.475.